The first-order valence-corrected chi connectivity index (χ1v) is 7.58. The summed E-state index contributed by atoms with van der Waals surface area (Å²) in [7, 11) is 0. The molecule has 0 bridgehead atoms. The van der Waals surface area contributed by atoms with Crippen LogP contribution in [0.2, 0.25) is 0 Å². The second-order valence-corrected chi connectivity index (χ2v) is 5.48. The maximum absolute atomic E-state index is 12.1. The van der Waals surface area contributed by atoms with Gasteiger partial charge in [0, 0.05) is 22.6 Å². The normalized spacial score (nSPS) is 10.1. The van der Waals surface area contributed by atoms with Crippen molar-refractivity contribution in [2.45, 2.75) is 13.3 Å². The molecule has 0 aliphatic carbocycles. The number of hydrogen-bond donors (Lipinski definition) is 1. The quantitative estimate of drug-likeness (QED) is 0.824. The van der Waals surface area contributed by atoms with Gasteiger partial charge in [0.2, 0.25) is 0 Å². The zero-order valence-corrected chi connectivity index (χ0v) is 13.6. The fourth-order valence-electron chi connectivity index (χ4n) is 1.74. The number of carbonyl (C=O) groups excluding carboxylic acids is 2. The monoisotopic (exact) mass is 362 g/mol. The molecular weight excluding hydrogens is 348 g/mol. The molecule has 0 aliphatic heterocycles. The van der Waals surface area contributed by atoms with Crippen LogP contribution < -0.4 is 5.32 Å². The largest absolute Gasteiger partial charge is 0.462 e. The molecule has 1 amide bonds. The van der Waals surface area contributed by atoms with Crippen molar-refractivity contribution in [3.63, 3.8) is 0 Å². The van der Waals surface area contributed by atoms with Crippen molar-refractivity contribution in [3.05, 3.63) is 58.3 Å². The van der Waals surface area contributed by atoms with Crippen LogP contribution >= 0.6 is 15.9 Å². The number of hydrogen-bond acceptors (Lipinski definition) is 4. The highest BCUT2D eigenvalue weighted by molar-refractivity contribution is 9.10. The third-order valence-electron chi connectivity index (χ3n) is 2.76. The highest BCUT2D eigenvalue weighted by Crippen LogP contribution is 2.15. The summed E-state index contributed by atoms with van der Waals surface area (Å²) in [4.78, 5) is 27.9. The minimum absolute atomic E-state index is 0.298. The van der Waals surface area contributed by atoms with Crippen LogP contribution in [0.1, 0.15) is 34.1 Å². The number of nitrogens with zero attached hydrogens (tertiary/aromatic N) is 1. The van der Waals surface area contributed by atoms with E-state index in [4.69, 9.17) is 4.74 Å². The predicted molar refractivity (Wildman–Crippen MR) is 86.9 cm³/mol. The third kappa shape index (κ3) is 4.39. The van der Waals surface area contributed by atoms with E-state index >= 15 is 0 Å². The maximum atomic E-state index is 12.1. The van der Waals surface area contributed by atoms with Crippen molar-refractivity contribution in [2.75, 3.05) is 11.9 Å². The van der Waals surface area contributed by atoms with Crippen LogP contribution in [0.25, 0.3) is 0 Å². The van der Waals surface area contributed by atoms with Gasteiger partial charge >= 0.3 is 5.97 Å². The molecule has 22 heavy (non-hydrogen) atoms. The molecule has 114 valence electrons. The number of ether oxygens (including phenoxy) is 1. The van der Waals surface area contributed by atoms with E-state index < -0.39 is 5.97 Å². The Hall–Kier alpha value is -2.21. The SMILES string of the molecule is CCCOC(=O)c1cccc(NC(=O)c2cncc(Br)c2)c1. The van der Waals surface area contributed by atoms with Crippen LogP contribution in [-0.4, -0.2) is 23.5 Å². The number of carbonyl (C=O) groups is 2. The topological polar surface area (TPSA) is 68.3 Å². The van der Waals surface area contributed by atoms with Crippen molar-refractivity contribution in [1.29, 1.82) is 0 Å². The van der Waals surface area contributed by atoms with E-state index in [-0.39, 0.29) is 5.91 Å². The molecule has 0 unspecified atom stereocenters. The van der Waals surface area contributed by atoms with E-state index in [1.54, 1.807) is 36.5 Å². The Morgan fingerprint density at radius 2 is 2.05 bits per heavy atom. The van der Waals surface area contributed by atoms with Crippen LogP contribution in [0.3, 0.4) is 0 Å². The van der Waals surface area contributed by atoms with Crippen molar-refractivity contribution in [1.82, 2.24) is 4.98 Å². The molecule has 0 saturated carbocycles. The minimum Gasteiger partial charge on any atom is -0.462 e. The molecule has 0 radical (unpaired) electrons. The van der Waals surface area contributed by atoms with E-state index in [0.29, 0.717) is 23.4 Å². The zero-order valence-electron chi connectivity index (χ0n) is 12.0. The summed E-state index contributed by atoms with van der Waals surface area (Å²) in [6, 6.07) is 8.30. The molecule has 6 heteroatoms. The molecule has 0 fully saturated rings. The summed E-state index contributed by atoms with van der Waals surface area (Å²) in [6.45, 7) is 2.30. The van der Waals surface area contributed by atoms with Gasteiger partial charge in [-0.2, -0.15) is 0 Å². The highest BCUT2D eigenvalue weighted by Gasteiger charge is 2.10. The van der Waals surface area contributed by atoms with E-state index in [1.165, 1.54) is 6.20 Å². The zero-order chi connectivity index (χ0) is 15.9. The van der Waals surface area contributed by atoms with Crippen LogP contribution in [0.15, 0.2) is 47.2 Å². The number of benzene rings is 1. The molecule has 0 aliphatic rings. The standard InChI is InChI=1S/C16H15BrN2O3/c1-2-6-22-16(21)11-4-3-5-14(8-11)19-15(20)12-7-13(17)10-18-9-12/h3-5,7-10H,2,6H2,1H3,(H,19,20). The summed E-state index contributed by atoms with van der Waals surface area (Å²) in [5.74, 6) is -0.699. The van der Waals surface area contributed by atoms with E-state index in [0.717, 1.165) is 10.9 Å². The molecule has 0 atom stereocenters. The van der Waals surface area contributed by atoms with Crippen molar-refractivity contribution < 1.29 is 14.3 Å². The van der Waals surface area contributed by atoms with Gasteiger partial charge in [-0.1, -0.05) is 13.0 Å². The fourth-order valence-corrected chi connectivity index (χ4v) is 2.11. The number of esters is 1. The van der Waals surface area contributed by atoms with Gasteiger partial charge in [-0.3, -0.25) is 9.78 Å². The van der Waals surface area contributed by atoms with Crippen LogP contribution in [0, 0.1) is 0 Å². The van der Waals surface area contributed by atoms with Gasteiger partial charge in [0.05, 0.1) is 17.7 Å². The molecule has 0 saturated heterocycles. The Labute approximate surface area is 136 Å². The highest BCUT2D eigenvalue weighted by atomic mass is 79.9. The molecule has 1 aromatic heterocycles. The van der Waals surface area contributed by atoms with Crippen LogP contribution in [0.5, 0.6) is 0 Å². The maximum Gasteiger partial charge on any atom is 0.338 e. The van der Waals surface area contributed by atoms with Gasteiger partial charge in [0.25, 0.3) is 5.91 Å². The van der Waals surface area contributed by atoms with Gasteiger partial charge in [-0.25, -0.2) is 4.79 Å². The second-order valence-electron chi connectivity index (χ2n) is 4.56. The first-order chi connectivity index (χ1) is 10.6. The van der Waals surface area contributed by atoms with Gasteiger partial charge in [-0.15, -0.1) is 0 Å². The van der Waals surface area contributed by atoms with Crippen molar-refractivity contribution in [2.24, 2.45) is 0 Å². The lowest BCUT2D eigenvalue weighted by molar-refractivity contribution is 0.0505. The summed E-state index contributed by atoms with van der Waals surface area (Å²) >= 11 is 3.27. The Bertz CT molecular complexity index is 689. The average Bonchev–Trinajstić information content (AvgIpc) is 2.52. The van der Waals surface area contributed by atoms with Gasteiger partial charge in [0.1, 0.15) is 0 Å². The molecule has 5 nitrogen and oxygen atoms in total. The smallest absolute Gasteiger partial charge is 0.338 e. The summed E-state index contributed by atoms with van der Waals surface area (Å²) in [5.41, 5.74) is 1.35. The summed E-state index contributed by atoms with van der Waals surface area (Å²) < 4.78 is 5.79. The van der Waals surface area contributed by atoms with Gasteiger partial charge < -0.3 is 10.1 Å². The van der Waals surface area contributed by atoms with Gasteiger partial charge in [0.15, 0.2) is 0 Å². The van der Waals surface area contributed by atoms with Gasteiger partial charge in [-0.05, 0) is 46.6 Å². The van der Waals surface area contributed by atoms with Crippen molar-refractivity contribution in [3.8, 4) is 0 Å². The van der Waals surface area contributed by atoms with Crippen LogP contribution in [-0.2, 0) is 4.74 Å². The first kappa shape index (κ1) is 16.2. The molecule has 2 rings (SSSR count). The lowest BCUT2D eigenvalue weighted by Crippen LogP contribution is -2.13. The average molecular weight is 363 g/mol. The van der Waals surface area contributed by atoms with E-state index in [9.17, 15) is 9.59 Å². The Balaban J connectivity index is 2.10. The third-order valence-corrected chi connectivity index (χ3v) is 3.19. The second kappa shape index (κ2) is 7.70. The summed E-state index contributed by atoms with van der Waals surface area (Å²) in [5, 5.41) is 2.73. The predicted octanol–water partition coefficient (Wildman–Crippen LogP) is 3.66. The molecule has 1 aromatic carbocycles. The number of nitrogens with one attached hydrogen (secondary N) is 1. The molecule has 1 N–H and O–H groups in total. The Morgan fingerprint density at radius 1 is 1.23 bits per heavy atom. The number of pyridine rings is 1. The number of halogens is 1. The number of amides is 1. The Morgan fingerprint density at radius 3 is 2.77 bits per heavy atom. The summed E-state index contributed by atoms with van der Waals surface area (Å²) in [6.07, 6.45) is 3.83. The number of anilines is 1. The molecule has 2 aromatic rings. The number of aromatic nitrogens is 1. The molecule has 1 heterocycles. The lowest BCUT2D eigenvalue weighted by atomic mass is 10.2. The van der Waals surface area contributed by atoms with Crippen molar-refractivity contribution >= 4 is 33.5 Å². The minimum atomic E-state index is -0.401. The first-order valence-electron chi connectivity index (χ1n) is 6.79. The lowest BCUT2D eigenvalue weighted by Gasteiger charge is -2.07. The van der Waals surface area contributed by atoms with E-state index in [2.05, 4.69) is 26.2 Å². The Kier molecular flexibility index (Phi) is 5.66. The number of rotatable bonds is 5. The van der Waals surface area contributed by atoms with Crippen LogP contribution in [0.4, 0.5) is 5.69 Å². The van der Waals surface area contributed by atoms with E-state index in [1.807, 2.05) is 6.92 Å². The molecular formula is C16H15BrN2O3. The fraction of sp³-hybridized carbons (Fsp3) is 0.188. The molecule has 0 spiro atoms.